The zero-order valence-corrected chi connectivity index (χ0v) is 5.59. The molecule has 3 nitrogen and oxygen atoms in total. The maximum absolute atomic E-state index is 11.0. The zero-order chi connectivity index (χ0) is 7.14. The van der Waals surface area contributed by atoms with Crippen LogP contribution in [0.15, 0.2) is 0 Å². The molecule has 1 saturated carbocycles. The molecular formula is C7H9NO2. The summed E-state index contributed by atoms with van der Waals surface area (Å²) in [6.45, 7) is 0. The van der Waals surface area contributed by atoms with Crippen molar-refractivity contribution in [3.8, 4) is 0 Å². The highest BCUT2D eigenvalue weighted by Crippen LogP contribution is 2.26. The number of carbonyl (C=O) groups excluding carboxylic acids is 2. The maximum atomic E-state index is 11.0. The minimum absolute atomic E-state index is 0.0486. The molecule has 0 radical (unpaired) electrons. The number of fused-ring (bicyclic) bond motifs is 3. The number of piperidine rings is 2. The summed E-state index contributed by atoms with van der Waals surface area (Å²) in [5, 5.41) is 2.79. The number of ketones is 1. The average molecular weight is 139 g/mol. The number of nitrogens with one attached hydrogen (secondary N) is 1. The summed E-state index contributed by atoms with van der Waals surface area (Å²) in [6.07, 6.45) is 2.33. The first-order valence-corrected chi connectivity index (χ1v) is 3.60. The molecule has 0 spiro atoms. The minimum Gasteiger partial charge on any atom is -0.352 e. The molecule has 2 heterocycles. The van der Waals surface area contributed by atoms with Gasteiger partial charge in [-0.15, -0.1) is 0 Å². The third kappa shape index (κ3) is 0.664. The van der Waals surface area contributed by atoms with Gasteiger partial charge in [-0.05, 0) is 12.8 Å². The summed E-state index contributed by atoms with van der Waals surface area (Å²) >= 11 is 0. The number of hydrogen-bond donors (Lipinski definition) is 1. The SMILES string of the molecule is O=C1C[C@@H]2CC[C@H]1C(=O)N2. The van der Waals surface area contributed by atoms with Crippen LogP contribution in [0.4, 0.5) is 0 Å². The Morgan fingerprint density at radius 1 is 1.30 bits per heavy atom. The molecule has 3 heteroatoms. The molecule has 54 valence electrons. The van der Waals surface area contributed by atoms with E-state index in [1.807, 2.05) is 0 Å². The van der Waals surface area contributed by atoms with Crippen molar-refractivity contribution in [3.63, 3.8) is 0 Å². The summed E-state index contributed by atoms with van der Waals surface area (Å²) in [5.41, 5.74) is 0. The van der Waals surface area contributed by atoms with Crippen LogP contribution >= 0.6 is 0 Å². The van der Waals surface area contributed by atoms with Crippen molar-refractivity contribution in [1.82, 2.24) is 5.32 Å². The third-order valence-electron chi connectivity index (χ3n) is 2.30. The quantitative estimate of drug-likeness (QED) is 0.474. The summed E-state index contributed by atoms with van der Waals surface area (Å²) in [4.78, 5) is 21.9. The average Bonchev–Trinajstić information content (AvgIpc) is 1.86. The van der Waals surface area contributed by atoms with E-state index in [0.717, 1.165) is 12.8 Å². The van der Waals surface area contributed by atoms with E-state index in [4.69, 9.17) is 0 Å². The highest BCUT2D eigenvalue weighted by molar-refractivity contribution is 6.04. The van der Waals surface area contributed by atoms with Gasteiger partial charge in [0.2, 0.25) is 5.91 Å². The van der Waals surface area contributed by atoms with Crippen LogP contribution in [0, 0.1) is 5.92 Å². The normalized spacial score (nSPS) is 38.0. The fraction of sp³-hybridized carbons (Fsp3) is 0.714. The van der Waals surface area contributed by atoms with E-state index in [1.165, 1.54) is 0 Å². The van der Waals surface area contributed by atoms with Gasteiger partial charge in [0.25, 0.3) is 0 Å². The third-order valence-corrected chi connectivity index (χ3v) is 2.30. The van der Waals surface area contributed by atoms with E-state index in [-0.39, 0.29) is 23.7 Å². The molecule has 1 aliphatic carbocycles. The van der Waals surface area contributed by atoms with Crippen LogP contribution in [0.3, 0.4) is 0 Å². The Morgan fingerprint density at radius 2 is 2.10 bits per heavy atom. The largest absolute Gasteiger partial charge is 0.352 e. The molecule has 2 atom stereocenters. The van der Waals surface area contributed by atoms with E-state index < -0.39 is 0 Å². The van der Waals surface area contributed by atoms with E-state index in [0.29, 0.717) is 6.42 Å². The van der Waals surface area contributed by atoms with Crippen molar-refractivity contribution in [2.75, 3.05) is 0 Å². The van der Waals surface area contributed by atoms with Gasteiger partial charge in [0.1, 0.15) is 5.78 Å². The second-order valence-corrected chi connectivity index (χ2v) is 3.01. The molecule has 0 aromatic carbocycles. The van der Waals surface area contributed by atoms with E-state index in [2.05, 4.69) is 5.32 Å². The summed E-state index contributed by atoms with van der Waals surface area (Å²) in [5.74, 6) is -0.211. The van der Waals surface area contributed by atoms with Crippen LogP contribution in [0.5, 0.6) is 0 Å². The number of carbonyl (C=O) groups is 2. The molecule has 3 aliphatic rings. The van der Waals surface area contributed by atoms with Crippen molar-refractivity contribution >= 4 is 11.7 Å². The minimum atomic E-state index is -0.301. The highest BCUT2D eigenvalue weighted by Gasteiger charge is 2.39. The van der Waals surface area contributed by atoms with Gasteiger partial charge in [-0.25, -0.2) is 0 Å². The van der Waals surface area contributed by atoms with E-state index in [9.17, 15) is 9.59 Å². The van der Waals surface area contributed by atoms with Crippen LogP contribution in [-0.2, 0) is 9.59 Å². The molecule has 1 N–H and O–H groups in total. The molecule has 0 aromatic heterocycles. The first kappa shape index (κ1) is 5.89. The molecule has 1 amide bonds. The lowest BCUT2D eigenvalue weighted by molar-refractivity contribution is -0.141. The summed E-state index contributed by atoms with van der Waals surface area (Å²) in [6, 6.07) is 0.157. The fourth-order valence-corrected chi connectivity index (χ4v) is 1.72. The number of Topliss-reactive ketones (excluding diaryl/α,β-unsaturated/α-hetero) is 1. The Morgan fingerprint density at radius 3 is 2.50 bits per heavy atom. The van der Waals surface area contributed by atoms with Crippen molar-refractivity contribution in [1.29, 1.82) is 0 Å². The number of amides is 1. The molecule has 2 saturated heterocycles. The van der Waals surface area contributed by atoms with Crippen molar-refractivity contribution in [2.24, 2.45) is 5.92 Å². The Bertz CT molecular complexity index is 182. The van der Waals surface area contributed by atoms with Crippen LogP contribution in [-0.4, -0.2) is 17.7 Å². The van der Waals surface area contributed by atoms with Crippen molar-refractivity contribution < 1.29 is 9.59 Å². The van der Waals surface area contributed by atoms with Crippen molar-refractivity contribution in [2.45, 2.75) is 25.3 Å². The fourth-order valence-electron chi connectivity index (χ4n) is 1.72. The number of hydrogen-bond acceptors (Lipinski definition) is 2. The maximum Gasteiger partial charge on any atom is 0.230 e. The zero-order valence-electron chi connectivity index (χ0n) is 5.59. The van der Waals surface area contributed by atoms with Gasteiger partial charge in [-0.3, -0.25) is 9.59 Å². The molecule has 10 heavy (non-hydrogen) atoms. The van der Waals surface area contributed by atoms with Gasteiger partial charge in [0.15, 0.2) is 0 Å². The van der Waals surface area contributed by atoms with Gasteiger partial charge in [-0.1, -0.05) is 0 Å². The van der Waals surface area contributed by atoms with Gasteiger partial charge < -0.3 is 5.32 Å². The lowest BCUT2D eigenvalue weighted by atomic mass is 9.80. The van der Waals surface area contributed by atoms with Crippen molar-refractivity contribution in [3.05, 3.63) is 0 Å². The smallest absolute Gasteiger partial charge is 0.230 e. The van der Waals surface area contributed by atoms with E-state index in [1.54, 1.807) is 0 Å². The highest BCUT2D eigenvalue weighted by atomic mass is 16.2. The molecule has 0 aromatic rings. The lowest BCUT2D eigenvalue weighted by Crippen LogP contribution is -2.53. The molecule has 3 fully saturated rings. The monoisotopic (exact) mass is 139 g/mol. The van der Waals surface area contributed by atoms with Crippen LogP contribution in [0.25, 0.3) is 0 Å². The Balaban J connectivity index is 2.26. The topological polar surface area (TPSA) is 46.2 Å². The van der Waals surface area contributed by atoms with Gasteiger partial charge >= 0.3 is 0 Å². The predicted molar refractivity (Wildman–Crippen MR) is 34.3 cm³/mol. The molecule has 3 rings (SSSR count). The molecule has 2 bridgehead atoms. The predicted octanol–water partition coefficient (Wildman–Crippen LogP) is -0.146. The number of rotatable bonds is 0. The second-order valence-electron chi connectivity index (χ2n) is 3.01. The Kier molecular flexibility index (Phi) is 1.07. The Hall–Kier alpha value is -0.860. The molecule has 2 aliphatic heterocycles. The standard InChI is InChI=1S/C7H9NO2/c9-6-3-4-1-2-5(6)7(10)8-4/h4-5H,1-3H2,(H,8,10)/t4-,5+/m0/s1. The van der Waals surface area contributed by atoms with E-state index >= 15 is 0 Å². The van der Waals surface area contributed by atoms with Gasteiger partial charge in [0, 0.05) is 12.5 Å². The van der Waals surface area contributed by atoms with Gasteiger partial charge in [0.05, 0.1) is 5.92 Å². The Labute approximate surface area is 58.8 Å². The second kappa shape index (κ2) is 1.81. The summed E-state index contributed by atoms with van der Waals surface area (Å²) < 4.78 is 0. The summed E-state index contributed by atoms with van der Waals surface area (Å²) in [7, 11) is 0. The lowest BCUT2D eigenvalue weighted by Gasteiger charge is -2.34. The van der Waals surface area contributed by atoms with Crippen LogP contribution < -0.4 is 5.32 Å². The first-order valence-electron chi connectivity index (χ1n) is 3.60. The van der Waals surface area contributed by atoms with Gasteiger partial charge in [-0.2, -0.15) is 0 Å². The van der Waals surface area contributed by atoms with Crippen LogP contribution in [0.2, 0.25) is 0 Å². The first-order chi connectivity index (χ1) is 4.77. The molecular weight excluding hydrogens is 130 g/mol. The van der Waals surface area contributed by atoms with Crippen LogP contribution in [0.1, 0.15) is 19.3 Å². The molecule has 0 unspecified atom stereocenters.